The first kappa shape index (κ1) is 13.5. The number of nitrogens with two attached hydrogens (primary N) is 1. The SMILES string of the molecule is CCSc1nn(-c2ccc(C)cc2)c(N)c1C(=O)O. The molecule has 100 valence electrons. The van der Waals surface area contributed by atoms with Gasteiger partial charge in [-0.15, -0.1) is 11.8 Å². The zero-order valence-electron chi connectivity index (χ0n) is 10.8. The third-order valence-electron chi connectivity index (χ3n) is 2.66. The third kappa shape index (κ3) is 2.58. The lowest BCUT2D eigenvalue weighted by Gasteiger charge is -2.04. The predicted molar refractivity (Wildman–Crippen MR) is 76.1 cm³/mol. The minimum absolute atomic E-state index is 0.0763. The van der Waals surface area contributed by atoms with E-state index in [0.717, 1.165) is 17.0 Å². The summed E-state index contributed by atoms with van der Waals surface area (Å²) in [4.78, 5) is 11.3. The van der Waals surface area contributed by atoms with Gasteiger partial charge in [0.1, 0.15) is 16.4 Å². The highest BCUT2D eigenvalue weighted by Gasteiger charge is 2.22. The number of anilines is 1. The van der Waals surface area contributed by atoms with Crippen molar-refractivity contribution in [3.63, 3.8) is 0 Å². The predicted octanol–water partition coefficient (Wildman–Crippen LogP) is 2.57. The minimum atomic E-state index is -1.05. The number of aromatic nitrogens is 2. The Morgan fingerprint density at radius 2 is 2.05 bits per heavy atom. The molecule has 19 heavy (non-hydrogen) atoms. The van der Waals surface area contributed by atoms with Crippen LogP contribution in [-0.2, 0) is 0 Å². The van der Waals surface area contributed by atoms with Gasteiger partial charge in [0.2, 0.25) is 0 Å². The van der Waals surface area contributed by atoms with E-state index in [0.29, 0.717) is 5.03 Å². The highest BCUT2D eigenvalue weighted by Crippen LogP contribution is 2.28. The van der Waals surface area contributed by atoms with Gasteiger partial charge in [-0.2, -0.15) is 5.10 Å². The van der Waals surface area contributed by atoms with Crippen molar-refractivity contribution in [3.8, 4) is 5.69 Å². The van der Waals surface area contributed by atoms with E-state index < -0.39 is 5.97 Å². The van der Waals surface area contributed by atoms with Crippen LogP contribution in [0.1, 0.15) is 22.8 Å². The highest BCUT2D eigenvalue weighted by atomic mass is 32.2. The lowest BCUT2D eigenvalue weighted by atomic mass is 10.2. The van der Waals surface area contributed by atoms with Gasteiger partial charge in [-0.3, -0.25) is 0 Å². The van der Waals surface area contributed by atoms with Crippen LogP contribution >= 0.6 is 11.8 Å². The molecule has 0 spiro atoms. The van der Waals surface area contributed by atoms with Gasteiger partial charge in [-0.25, -0.2) is 9.48 Å². The fraction of sp³-hybridized carbons (Fsp3) is 0.231. The molecular weight excluding hydrogens is 262 g/mol. The third-order valence-corrected chi connectivity index (χ3v) is 3.51. The number of aromatic carboxylic acids is 1. The van der Waals surface area contributed by atoms with Gasteiger partial charge in [0.25, 0.3) is 0 Å². The Labute approximate surface area is 115 Å². The molecule has 0 saturated carbocycles. The molecule has 2 rings (SSSR count). The Kier molecular flexibility index (Phi) is 3.80. The first-order chi connectivity index (χ1) is 9.04. The molecule has 0 aliphatic heterocycles. The average Bonchev–Trinajstić information content (AvgIpc) is 2.68. The second kappa shape index (κ2) is 5.36. The molecule has 2 aromatic rings. The summed E-state index contributed by atoms with van der Waals surface area (Å²) in [5.74, 6) is -0.149. The second-order valence-electron chi connectivity index (χ2n) is 4.05. The standard InChI is InChI=1S/C13H15N3O2S/c1-3-19-12-10(13(17)18)11(14)16(15-12)9-6-4-8(2)5-7-9/h4-7H,3,14H2,1-2H3,(H,17,18). The number of carboxylic acids is 1. The van der Waals surface area contributed by atoms with Crippen LogP contribution in [0.2, 0.25) is 0 Å². The van der Waals surface area contributed by atoms with Gasteiger partial charge in [0, 0.05) is 0 Å². The molecule has 0 atom stereocenters. The number of nitrogen functional groups attached to an aromatic ring is 1. The maximum Gasteiger partial charge on any atom is 0.342 e. The lowest BCUT2D eigenvalue weighted by molar-refractivity contribution is 0.0694. The van der Waals surface area contributed by atoms with Crippen LogP contribution in [0, 0.1) is 6.92 Å². The summed E-state index contributed by atoms with van der Waals surface area (Å²) in [6.45, 7) is 3.93. The summed E-state index contributed by atoms with van der Waals surface area (Å²) in [5.41, 5.74) is 7.87. The molecule has 0 aliphatic carbocycles. The molecule has 1 aromatic heterocycles. The number of benzene rings is 1. The largest absolute Gasteiger partial charge is 0.477 e. The van der Waals surface area contributed by atoms with E-state index in [9.17, 15) is 9.90 Å². The zero-order valence-corrected chi connectivity index (χ0v) is 11.6. The number of hydrogen-bond donors (Lipinski definition) is 2. The van der Waals surface area contributed by atoms with Crippen molar-refractivity contribution in [1.29, 1.82) is 0 Å². The van der Waals surface area contributed by atoms with Crippen molar-refractivity contribution in [2.75, 3.05) is 11.5 Å². The molecule has 0 amide bonds. The van der Waals surface area contributed by atoms with Crippen molar-refractivity contribution < 1.29 is 9.90 Å². The number of thioether (sulfide) groups is 1. The normalized spacial score (nSPS) is 10.6. The van der Waals surface area contributed by atoms with Gasteiger partial charge in [0.05, 0.1) is 5.69 Å². The molecule has 3 N–H and O–H groups in total. The second-order valence-corrected chi connectivity index (χ2v) is 5.30. The van der Waals surface area contributed by atoms with E-state index >= 15 is 0 Å². The van der Waals surface area contributed by atoms with E-state index in [4.69, 9.17) is 5.73 Å². The van der Waals surface area contributed by atoms with Crippen molar-refractivity contribution in [2.45, 2.75) is 18.9 Å². The van der Waals surface area contributed by atoms with Gasteiger partial charge in [-0.1, -0.05) is 24.6 Å². The van der Waals surface area contributed by atoms with Crippen molar-refractivity contribution in [3.05, 3.63) is 35.4 Å². The van der Waals surface area contributed by atoms with E-state index in [1.807, 2.05) is 38.1 Å². The molecule has 0 aliphatic rings. The summed E-state index contributed by atoms with van der Waals surface area (Å²) < 4.78 is 1.47. The fourth-order valence-electron chi connectivity index (χ4n) is 1.73. The maximum absolute atomic E-state index is 11.3. The maximum atomic E-state index is 11.3. The number of carbonyl (C=O) groups is 1. The van der Waals surface area contributed by atoms with E-state index in [2.05, 4.69) is 5.10 Å². The quantitative estimate of drug-likeness (QED) is 0.839. The molecule has 0 saturated heterocycles. The molecule has 0 radical (unpaired) electrons. The summed E-state index contributed by atoms with van der Waals surface area (Å²) in [7, 11) is 0. The number of nitrogens with zero attached hydrogens (tertiary/aromatic N) is 2. The Hall–Kier alpha value is -1.95. The van der Waals surface area contributed by atoms with Crippen molar-refractivity contribution >= 4 is 23.5 Å². The molecule has 0 fully saturated rings. The summed E-state index contributed by atoms with van der Waals surface area (Å²) in [5, 5.41) is 14.0. The molecule has 1 heterocycles. The molecule has 1 aromatic carbocycles. The van der Waals surface area contributed by atoms with E-state index in [1.54, 1.807) is 0 Å². The highest BCUT2D eigenvalue weighted by molar-refractivity contribution is 7.99. The van der Waals surface area contributed by atoms with Gasteiger partial charge in [-0.05, 0) is 24.8 Å². The lowest BCUT2D eigenvalue weighted by Crippen LogP contribution is -2.05. The van der Waals surface area contributed by atoms with Crippen molar-refractivity contribution in [1.82, 2.24) is 9.78 Å². The van der Waals surface area contributed by atoms with Crippen molar-refractivity contribution in [2.24, 2.45) is 0 Å². The number of carboxylic acid groups (broad SMARTS) is 1. The van der Waals surface area contributed by atoms with Crippen LogP contribution < -0.4 is 5.73 Å². The minimum Gasteiger partial charge on any atom is -0.477 e. The average molecular weight is 277 g/mol. The van der Waals surface area contributed by atoms with Gasteiger partial charge in [0.15, 0.2) is 0 Å². The van der Waals surface area contributed by atoms with E-state index in [1.165, 1.54) is 16.4 Å². The van der Waals surface area contributed by atoms with Crippen LogP contribution in [0.4, 0.5) is 5.82 Å². The summed E-state index contributed by atoms with van der Waals surface area (Å²) in [6, 6.07) is 7.60. The molecule has 5 nitrogen and oxygen atoms in total. The molecule has 0 unspecified atom stereocenters. The number of aryl methyl sites for hydroxylation is 1. The van der Waals surface area contributed by atoms with E-state index in [-0.39, 0.29) is 11.4 Å². The van der Waals surface area contributed by atoms with Crippen LogP contribution in [0.5, 0.6) is 0 Å². The summed E-state index contributed by atoms with van der Waals surface area (Å²) in [6.07, 6.45) is 0. The van der Waals surface area contributed by atoms with Crippen LogP contribution in [0.15, 0.2) is 29.3 Å². The first-order valence-electron chi connectivity index (χ1n) is 5.86. The molecule has 0 bridgehead atoms. The molecular formula is C13H15N3O2S. The van der Waals surface area contributed by atoms with Gasteiger partial charge < -0.3 is 10.8 Å². The fourth-order valence-corrected chi connectivity index (χ4v) is 2.48. The zero-order chi connectivity index (χ0) is 14.0. The Morgan fingerprint density at radius 3 is 2.58 bits per heavy atom. The van der Waals surface area contributed by atoms with Crippen LogP contribution in [0.25, 0.3) is 5.69 Å². The number of rotatable bonds is 4. The topological polar surface area (TPSA) is 81.1 Å². The molecule has 6 heteroatoms. The van der Waals surface area contributed by atoms with Gasteiger partial charge >= 0.3 is 5.97 Å². The van der Waals surface area contributed by atoms with Crippen LogP contribution in [0.3, 0.4) is 0 Å². The first-order valence-corrected chi connectivity index (χ1v) is 6.84. The Morgan fingerprint density at radius 1 is 1.42 bits per heavy atom. The Balaban J connectivity index is 2.55. The number of hydrogen-bond acceptors (Lipinski definition) is 4. The Bertz CT molecular complexity index is 605. The smallest absolute Gasteiger partial charge is 0.342 e. The monoisotopic (exact) mass is 277 g/mol. The van der Waals surface area contributed by atoms with Crippen LogP contribution in [-0.4, -0.2) is 26.6 Å². The summed E-state index contributed by atoms with van der Waals surface area (Å²) >= 11 is 1.37.